The second kappa shape index (κ2) is 8.67. The highest BCUT2D eigenvalue weighted by atomic mass is 35.5. The van der Waals surface area contributed by atoms with E-state index >= 15 is 0 Å². The summed E-state index contributed by atoms with van der Waals surface area (Å²) >= 11 is 7.39. The van der Waals surface area contributed by atoms with Crippen LogP contribution in [0, 0.1) is 0 Å². The number of ether oxygens (including phenoxy) is 1. The van der Waals surface area contributed by atoms with Gasteiger partial charge in [-0.2, -0.15) is 0 Å². The normalized spacial score (nSPS) is 13.3. The average molecular weight is 407 g/mol. The predicted molar refractivity (Wildman–Crippen MR) is 106 cm³/mol. The van der Waals surface area contributed by atoms with E-state index in [0.717, 1.165) is 15.8 Å². The Morgan fingerprint density at radius 2 is 2.04 bits per heavy atom. The summed E-state index contributed by atoms with van der Waals surface area (Å²) in [6.07, 6.45) is -0.958. The molecular weight excluding hydrogens is 388 g/mol. The van der Waals surface area contributed by atoms with Crippen LogP contribution >= 0.6 is 22.9 Å². The monoisotopic (exact) mass is 406 g/mol. The van der Waals surface area contributed by atoms with Gasteiger partial charge in [0.05, 0.1) is 28.8 Å². The van der Waals surface area contributed by atoms with Crippen molar-refractivity contribution in [3.05, 3.63) is 53.1 Å². The number of carbonyl (C=O) groups is 1. The number of aromatic nitrogens is 1. The Morgan fingerprint density at radius 3 is 2.74 bits per heavy atom. The van der Waals surface area contributed by atoms with Crippen molar-refractivity contribution in [2.75, 3.05) is 13.2 Å². The molecule has 0 spiro atoms. The summed E-state index contributed by atoms with van der Waals surface area (Å²) in [6.45, 7) is 1.40. The number of benzene rings is 2. The van der Waals surface area contributed by atoms with Crippen LogP contribution in [0.1, 0.15) is 18.4 Å². The van der Waals surface area contributed by atoms with Gasteiger partial charge in [0.15, 0.2) is 0 Å². The number of amides is 1. The molecule has 0 aliphatic heterocycles. The van der Waals surface area contributed by atoms with Crippen LogP contribution in [0.5, 0.6) is 10.9 Å². The van der Waals surface area contributed by atoms with Crippen LogP contribution in [0.4, 0.5) is 0 Å². The minimum absolute atomic E-state index is 0.0164. The molecule has 142 valence electrons. The van der Waals surface area contributed by atoms with Crippen LogP contribution < -0.4 is 10.1 Å². The third-order valence-electron chi connectivity index (χ3n) is 4.03. The van der Waals surface area contributed by atoms with E-state index in [9.17, 15) is 9.90 Å². The average Bonchev–Trinajstić information content (AvgIpc) is 3.07. The van der Waals surface area contributed by atoms with Gasteiger partial charge in [0.2, 0.25) is 5.91 Å². The van der Waals surface area contributed by atoms with Crippen LogP contribution in [0.2, 0.25) is 5.02 Å². The van der Waals surface area contributed by atoms with Gasteiger partial charge in [-0.3, -0.25) is 4.79 Å². The number of thiazole rings is 1. The molecule has 0 aliphatic carbocycles. The smallest absolute Gasteiger partial charge is 0.279 e. The highest BCUT2D eigenvalue weighted by Crippen LogP contribution is 2.33. The molecule has 2 unspecified atom stereocenters. The van der Waals surface area contributed by atoms with Crippen LogP contribution in [0.25, 0.3) is 10.2 Å². The molecule has 8 heteroatoms. The standard InChI is InChI=1S/C19H19ClN2O4S/c1-11(18(25)21-9-14(24)10-23)12-2-5-15(6-3-12)26-19-22-16-7-4-13(20)8-17(16)27-19/h2-8,11,14,23-24H,9-10H2,1H3,(H,21,25). The minimum Gasteiger partial charge on any atom is -0.431 e. The van der Waals surface area contributed by atoms with E-state index in [1.165, 1.54) is 11.3 Å². The number of nitrogens with one attached hydrogen (secondary N) is 1. The number of carbonyl (C=O) groups excluding carboxylic acids is 1. The maximum absolute atomic E-state index is 12.1. The second-order valence-corrected chi connectivity index (χ2v) is 7.50. The van der Waals surface area contributed by atoms with Gasteiger partial charge in [-0.25, -0.2) is 4.98 Å². The molecule has 1 aromatic heterocycles. The SMILES string of the molecule is CC(C(=O)NCC(O)CO)c1ccc(Oc2nc3ccc(Cl)cc3s2)cc1. The molecule has 27 heavy (non-hydrogen) atoms. The molecule has 0 aliphatic rings. The Hall–Kier alpha value is -2.19. The molecule has 3 N–H and O–H groups in total. The first-order chi connectivity index (χ1) is 13.0. The van der Waals surface area contributed by atoms with Gasteiger partial charge in [-0.15, -0.1) is 0 Å². The van der Waals surface area contributed by atoms with Gasteiger partial charge in [0.1, 0.15) is 5.75 Å². The summed E-state index contributed by atoms with van der Waals surface area (Å²) in [4.78, 5) is 16.5. The molecule has 0 fully saturated rings. The first kappa shape index (κ1) is 19.6. The number of hydrogen-bond donors (Lipinski definition) is 3. The molecule has 0 bridgehead atoms. The van der Waals surface area contributed by atoms with E-state index in [0.29, 0.717) is 16.0 Å². The van der Waals surface area contributed by atoms with Crippen LogP contribution in [0.3, 0.4) is 0 Å². The van der Waals surface area contributed by atoms with E-state index in [1.54, 1.807) is 25.1 Å². The second-order valence-electron chi connectivity index (χ2n) is 6.07. The fraction of sp³-hybridized carbons (Fsp3) is 0.263. The zero-order valence-electron chi connectivity index (χ0n) is 14.6. The van der Waals surface area contributed by atoms with Gasteiger partial charge in [0, 0.05) is 11.6 Å². The quantitative estimate of drug-likeness (QED) is 0.559. The Balaban J connectivity index is 1.64. The lowest BCUT2D eigenvalue weighted by Crippen LogP contribution is -2.36. The molecule has 1 heterocycles. The molecule has 3 aromatic rings. The summed E-state index contributed by atoms with van der Waals surface area (Å²) in [5.41, 5.74) is 1.64. The summed E-state index contributed by atoms with van der Waals surface area (Å²) < 4.78 is 6.74. The topological polar surface area (TPSA) is 91.7 Å². The number of nitrogens with zero attached hydrogens (tertiary/aromatic N) is 1. The molecule has 6 nitrogen and oxygen atoms in total. The maximum Gasteiger partial charge on any atom is 0.279 e. The molecule has 0 saturated heterocycles. The molecule has 2 aromatic carbocycles. The van der Waals surface area contributed by atoms with Crippen molar-refractivity contribution in [1.29, 1.82) is 0 Å². The number of aliphatic hydroxyl groups excluding tert-OH is 2. The van der Waals surface area contributed by atoms with Crippen molar-refractivity contribution in [2.24, 2.45) is 0 Å². The van der Waals surface area contributed by atoms with Gasteiger partial charge < -0.3 is 20.3 Å². The van der Waals surface area contributed by atoms with Crippen LogP contribution in [0.15, 0.2) is 42.5 Å². The lowest BCUT2D eigenvalue weighted by molar-refractivity contribution is -0.122. The van der Waals surface area contributed by atoms with Crippen molar-refractivity contribution >= 4 is 39.1 Å². The van der Waals surface area contributed by atoms with Crippen LogP contribution in [-0.2, 0) is 4.79 Å². The summed E-state index contributed by atoms with van der Waals surface area (Å²) in [6, 6.07) is 12.7. The number of aliphatic hydroxyl groups is 2. The molecule has 1 amide bonds. The Morgan fingerprint density at radius 1 is 1.30 bits per heavy atom. The van der Waals surface area contributed by atoms with Crippen molar-refractivity contribution in [3.8, 4) is 10.9 Å². The number of rotatable bonds is 7. The van der Waals surface area contributed by atoms with Gasteiger partial charge in [-0.1, -0.05) is 35.1 Å². The lowest BCUT2D eigenvalue weighted by atomic mass is 10.0. The third-order valence-corrected chi connectivity index (χ3v) is 5.16. The van der Waals surface area contributed by atoms with Gasteiger partial charge >= 0.3 is 0 Å². The first-order valence-corrected chi connectivity index (χ1v) is 9.56. The largest absolute Gasteiger partial charge is 0.431 e. The fourth-order valence-corrected chi connectivity index (χ4v) is 3.54. The molecule has 0 saturated carbocycles. The number of fused-ring (bicyclic) bond motifs is 1. The van der Waals surface area contributed by atoms with E-state index < -0.39 is 18.6 Å². The summed E-state index contributed by atoms with van der Waals surface area (Å²) in [7, 11) is 0. The summed E-state index contributed by atoms with van der Waals surface area (Å²) in [5, 5.41) is 21.9. The van der Waals surface area contributed by atoms with Gasteiger partial charge in [0.25, 0.3) is 5.19 Å². The molecule has 2 atom stereocenters. The van der Waals surface area contributed by atoms with Crippen molar-refractivity contribution in [3.63, 3.8) is 0 Å². The molecular formula is C19H19ClN2O4S. The Labute approximate surface area is 165 Å². The summed E-state index contributed by atoms with van der Waals surface area (Å²) in [5.74, 6) is 0.000898. The van der Waals surface area contributed by atoms with Gasteiger partial charge in [-0.05, 0) is 42.8 Å². The van der Waals surface area contributed by atoms with Crippen LogP contribution in [-0.4, -0.2) is 40.4 Å². The minimum atomic E-state index is -0.958. The van der Waals surface area contributed by atoms with E-state index in [2.05, 4.69) is 10.3 Å². The third kappa shape index (κ3) is 4.95. The fourth-order valence-electron chi connectivity index (χ4n) is 2.43. The van der Waals surface area contributed by atoms with E-state index in [4.69, 9.17) is 21.4 Å². The maximum atomic E-state index is 12.1. The van der Waals surface area contributed by atoms with E-state index in [1.807, 2.05) is 24.3 Å². The first-order valence-electron chi connectivity index (χ1n) is 8.37. The number of halogens is 1. The molecule has 3 rings (SSSR count). The van der Waals surface area contributed by atoms with Crippen molar-refractivity contribution in [2.45, 2.75) is 18.9 Å². The zero-order chi connectivity index (χ0) is 19.4. The lowest BCUT2D eigenvalue weighted by Gasteiger charge is -2.14. The highest BCUT2D eigenvalue weighted by molar-refractivity contribution is 7.20. The molecule has 0 radical (unpaired) electrons. The predicted octanol–water partition coefficient (Wildman–Crippen LogP) is 3.31. The highest BCUT2D eigenvalue weighted by Gasteiger charge is 2.16. The number of hydrogen-bond acceptors (Lipinski definition) is 6. The Kier molecular flexibility index (Phi) is 6.28. The zero-order valence-corrected chi connectivity index (χ0v) is 16.1. The van der Waals surface area contributed by atoms with Crippen molar-refractivity contribution < 1.29 is 19.7 Å². The Bertz CT molecular complexity index is 929. The van der Waals surface area contributed by atoms with Crippen molar-refractivity contribution in [1.82, 2.24) is 10.3 Å². The van der Waals surface area contributed by atoms with E-state index in [-0.39, 0.29) is 12.5 Å².